The molecule has 2 rings (SSSR count). The molecule has 13 heavy (non-hydrogen) atoms. The van der Waals surface area contributed by atoms with Gasteiger partial charge in [0.1, 0.15) is 0 Å². The van der Waals surface area contributed by atoms with Crippen molar-refractivity contribution in [3.8, 4) is 0 Å². The van der Waals surface area contributed by atoms with Crippen molar-refractivity contribution in [2.24, 2.45) is 11.3 Å². The molecule has 1 unspecified atom stereocenters. The molecule has 0 amide bonds. The van der Waals surface area contributed by atoms with Gasteiger partial charge in [-0.05, 0) is 43.4 Å². The molecule has 2 saturated carbocycles. The van der Waals surface area contributed by atoms with Gasteiger partial charge in [0.15, 0.2) is 0 Å². The van der Waals surface area contributed by atoms with Crippen LogP contribution in [0.5, 0.6) is 0 Å². The van der Waals surface area contributed by atoms with Gasteiger partial charge in [-0.1, -0.05) is 41.0 Å². The SMILES string of the molecule is C.C.CCC1CCC2(CCCC2)C1. The van der Waals surface area contributed by atoms with E-state index in [-0.39, 0.29) is 14.9 Å². The monoisotopic (exact) mass is 184 g/mol. The minimum Gasteiger partial charge on any atom is -0.0776 e. The highest BCUT2D eigenvalue weighted by molar-refractivity contribution is 4.91. The molecule has 2 aliphatic rings. The predicted octanol–water partition coefficient (Wildman–Crippen LogP) is 5.03. The molecule has 0 aliphatic heterocycles. The number of hydrogen-bond donors (Lipinski definition) is 0. The topological polar surface area (TPSA) is 0 Å². The average molecular weight is 184 g/mol. The Balaban J connectivity index is 0.000000720. The maximum absolute atomic E-state index is 2.36. The molecule has 0 bridgehead atoms. The van der Waals surface area contributed by atoms with Gasteiger partial charge in [-0.25, -0.2) is 0 Å². The van der Waals surface area contributed by atoms with Gasteiger partial charge in [0.25, 0.3) is 0 Å². The lowest BCUT2D eigenvalue weighted by Gasteiger charge is -2.22. The summed E-state index contributed by atoms with van der Waals surface area (Å²) in [6, 6.07) is 0. The summed E-state index contributed by atoms with van der Waals surface area (Å²) in [6.45, 7) is 2.36. The highest BCUT2D eigenvalue weighted by Gasteiger charge is 2.39. The van der Waals surface area contributed by atoms with Crippen LogP contribution in [0.25, 0.3) is 0 Å². The quantitative estimate of drug-likeness (QED) is 0.536. The first-order valence-electron chi connectivity index (χ1n) is 5.35. The van der Waals surface area contributed by atoms with Crippen molar-refractivity contribution in [2.75, 3.05) is 0 Å². The zero-order valence-electron chi connectivity index (χ0n) is 7.73. The molecular formula is C13H28. The molecular weight excluding hydrogens is 156 g/mol. The lowest BCUT2D eigenvalue weighted by Crippen LogP contribution is -2.10. The van der Waals surface area contributed by atoms with E-state index in [1.165, 1.54) is 25.7 Å². The molecule has 0 radical (unpaired) electrons. The Kier molecular flexibility index (Phi) is 5.02. The average Bonchev–Trinajstić information content (AvgIpc) is 2.62. The highest BCUT2D eigenvalue weighted by Crippen LogP contribution is 2.53. The molecule has 0 aromatic rings. The molecule has 0 saturated heterocycles. The van der Waals surface area contributed by atoms with E-state index in [1.54, 1.807) is 25.7 Å². The van der Waals surface area contributed by atoms with Crippen LogP contribution >= 0.6 is 0 Å². The van der Waals surface area contributed by atoms with Crippen molar-refractivity contribution < 1.29 is 0 Å². The van der Waals surface area contributed by atoms with Crippen LogP contribution in [-0.2, 0) is 0 Å². The van der Waals surface area contributed by atoms with E-state index < -0.39 is 0 Å². The summed E-state index contributed by atoms with van der Waals surface area (Å²) in [7, 11) is 0. The third-order valence-corrected chi connectivity index (χ3v) is 4.05. The third kappa shape index (κ3) is 2.48. The number of rotatable bonds is 1. The van der Waals surface area contributed by atoms with Gasteiger partial charge >= 0.3 is 0 Å². The molecule has 2 fully saturated rings. The number of hydrogen-bond acceptors (Lipinski definition) is 0. The van der Waals surface area contributed by atoms with Crippen LogP contribution in [-0.4, -0.2) is 0 Å². The van der Waals surface area contributed by atoms with Crippen molar-refractivity contribution in [1.82, 2.24) is 0 Å². The van der Waals surface area contributed by atoms with Crippen LogP contribution in [0.3, 0.4) is 0 Å². The van der Waals surface area contributed by atoms with Gasteiger partial charge < -0.3 is 0 Å². The zero-order chi connectivity index (χ0) is 7.73. The standard InChI is InChI=1S/C11H20.2CH4/c1-2-10-5-8-11(9-10)6-3-4-7-11;;/h10H,2-9H2,1H3;2*1H4. The van der Waals surface area contributed by atoms with E-state index in [0.717, 1.165) is 11.3 Å². The van der Waals surface area contributed by atoms with Crippen molar-refractivity contribution in [3.63, 3.8) is 0 Å². The lowest BCUT2D eigenvalue weighted by molar-refractivity contribution is 0.293. The second-order valence-corrected chi connectivity index (χ2v) is 4.72. The van der Waals surface area contributed by atoms with Crippen molar-refractivity contribution >= 4 is 0 Å². The third-order valence-electron chi connectivity index (χ3n) is 4.05. The molecule has 0 aromatic heterocycles. The first kappa shape index (κ1) is 13.0. The Hall–Kier alpha value is 0. The summed E-state index contributed by atoms with van der Waals surface area (Å²) >= 11 is 0. The Morgan fingerprint density at radius 2 is 1.69 bits per heavy atom. The molecule has 1 spiro atoms. The van der Waals surface area contributed by atoms with Gasteiger partial charge in [-0.3, -0.25) is 0 Å². The first-order chi connectivity index (χ1) is 5.35. The Labute approximate surface area is 85.1 Å². The molecule has 0 heteroatoms. The summed E-state index contributed by atoms with van der Waals surface area (Å²) in [5, 5.41) is 0. The Bertz CT molecular complexity index is 131. The van der Waals surface area contributed by atoms with E-state index in [4.69, 9.17) is 0 Å². The Morgan fingerprint density at radius 1 is 1.08 bits per heavy atom. The second kappa shape index (κ2) is 5.02. The van der Waals surface area contributed by atoms with Crippen LogP contribution in [0.2, 0.25) is 0 Å². The highest BCUT2D eigenvalue weighted by atomic mass is 14.4. The van der Waals surface area contributed by atoms with Crippen LogP contribution < -0.4 is 0 Å². The van der Waals surface area contributed by atoms with E-state index in [2.05, 4.69) is 6.92 Å². The summed E-state index contributed by atoms with van der Waals surface area (Å²) in [4.78, 5) is 0. The van der Waals surface area contributed by atoms with Crippen LogP contribution in [0, 0.1) is 11.3 Å². The lowest BCUT2D eigenvalue weighted by atomic mass is 9.83. The normalized spacial score (nSPS) is 29.8. The molecule has 2 aliphatic carbocycles. The fourth-order valence-electron chi connectivity index (χ4n) is 3.25. The summed E-state index contributed by atoms with van der Waals surface area (Å²) < 4.78 is 0. The van der Waals surface area contributed by atoms with Gasteiger partial charge in [0, 0.05) is 0 Å². The largest absolute Gasteiger partial charge is 0.0776 e. The van der Waals surface area contributed by atoms with E-state index >= 15 is 0 Å². The molecule has 80 valence electrons. The fraction of sp³-hybridized carbons (Fsp3) is 1.00. The van der Waals surface area contributed by atoms with E-state index in [1.807, 2.05) is 0 Å². The van der Waals surface area contributed by atoms with Crippen molar-refractivity contribution in [2.45, 2.75) is 73.1 Å². The van der Waals surface area contributed by atoms with Crippen molar-refractivity contribution in [3.05, 3.63) is 0 Å². The van der Waals surface area contributed by atoms with Gasteiger partial charge in [0.05, 0.1) is 0 Å². The van der Waals surface area contributed by atoms with E-state index in [0.29, 0.717) is 0 Å². The summed E-state index contributed by atoms with van der Waals surface area (Å²) in [6.07, 6.45) is 12.3. The summed E-state index contributed by atoms with van der Waals surface area (Å²) in [5.74, 6) is 1.09. The van der Waals surface area contributed by atoms with Gasteiger partial charge in [-0.2, -0.15) is 0 Å². The zero-order valence-corrected chi connectivity index (χ0v) is 7.73. The molecule has 0 N–H and O–H groups in total. The summed E-state index contributed by atoms with van der Waals surface area (Å²) in [5.41, 5.74) is 0.862. The molecule has 0 aromatic carbocycles. The van der Waals surface area contributed by atoms with Crippen LogP contribution in [0.15, 0.2) is 0 Å². The predicted molar refractivity (Wildman–Crippen MR) is 62.0 cm³/mol. The Morgan fingerprint density at radius 3 is 2.15 bits per heavy atom. The van der Waals surface area contributed by atoms with Crippen LogP contribution in [0.4, 0.5) is 0 Å². The second-order valence-electron chi connectivity index (χ2n) is 4.72. The smallest absolute Gasteiger partial charge is 0.0295 e. The fourth-order valence-corrected chi connectivity index (χ4v) is 3.25. The molecule has 0 heterocycles. The van der Waals surface area contributed by atoms with Crippen molar-refractivity contribution in [1.29, 1.82) is 0 Å². The van der Waals surface area contributed by atoms with E-state index in [9.17, 15) is 0 Å². The maximum atomic E-state index is 2.36. The minimum absolute atomic E-state index is 0. The van der Waals surface area contributed by atoms with Gasteiger partial charge in [0.2, 0.25) is 0 Å². The minimum atomic E-state index is 0. The molecule has 0 nitrogen and oxygen atoms in total. The van der Waals surface area contributed by atoms with Crippen LogP contribution in [0.1, 0.15) is 73.1 Å². The maximum Gasteiger partial charge on any atom is -0.0295 e. The molecule has 1 atom stereocenters. The van der Waals surface area contributed by atoms with Gasteiger partial charge in [-0.15, -0.1) is 0 Å². The first-order valence-corrected chi connectivity index (χ1v) is 5.35.